The van der Waals surface area contributed by atoms with E-state index < -0.39 is 0 Å². The van der Waals surface area contributed by atoms with Crippen LogP contribution >= 0.6 is 0 Å². The number of nitrogens with one attached hydrogen (secondary N) is 1. The van der Waals surface area contributed by atoms with E-state index in [1.807, 2.05) is 0 Å². The Morgan fingerprint density at radius 2 is 2.06 bits per heavy atom. The lowest BCUT2D eigenvalue weighted by Gasteiger charge is -2.40. The zero-order valence-corrected chi connectivity index (χ0v) is 11.4. The van der Waals surface area contributed by atoms with Crippen LogP contribution in [0.15, 0.2) is 24.3 Å². The molecule has 0 bridgehead atoms. The first-order valence-electron chi connectivity index (χ1n) is 7.09. The highest BCUT2D eigenvalue weighted by atomic mass is 14.9. The highest BCUT2D eigenvalue weighted by molar-refractivity contribution is 5.41. The quantitative estimate of drug-likeness (QED) is 0.786. The number of rotatable bonds is 6. The molecule has 1 aromatic rings. The minimum atomic E-state index is 0.662. The van der Waals surface area contributed by atoms with Crippen molar-refractivity contribution < 1.29 is 0 Å². The Kier molecular flexibility index (Phi) is 4.22. The van der Waals surface area contributed by atoms with Gasteiger partial charge in [0.1, 0.15) is 0 Å². The largest absolute Gasteiger partial charge is 0.313 e. The van der Waals surface area contributed by atoms with Gasteiger partial charge in [-0.15, -0.1) is 0 Å². The fourth-order valence-electron chi connectivity index (χ4n) is 2.92. The van der Waals surface area contributed by atoms with Crippen molar-refractivity contribution in [3.8, 4) is 0 Å². The summed E-state index contributed by atoms with van der Waals surface area (Å²) in [6.07, 6.45) is 3.75. The second-order valence-electron chi connectivity index (χ2n) is 5.37. The topological polar surface area (TPSA) is 12.0 Å². The molecule has 0 saturated carbocycles. The predicted octanol–water partition coefficient (Wildman–Crippen LogP) is 3.74. The number of hydrogen-bond acceptors (Lipinski definition) is 1. The van der Waals surface area contributed by atoms with Crippen LogP contribution in [0.25, 0.3) is 0 Å². The first-order valence-corrected chi connectivity index (χ1v) is 7.09. The van der Waals surface area contributed by atoms with Gasteiger partial charge in [-0.25, -0.2) is 0 Å². The minimum Gasteiger partial charge on any atom is -0.313 e. The highest BCUT2D eigenvalue weighted by Gasteiger charge is 2.34. The van der Waals surface area contributed by atoms with E-state index in [9.17, 15) is 0 Å². The van der Waals surface area contributed by atoms with Crippen molar-refractivity contribution in [2.24, 2.45) is 5.92 Å². The van der Waals surface area contributed by atoms with Crippen molar-refractivity contribution in [2.45, 2.75) is 52.0 Å². The Morgan fingerprint density at radius 3 is 2.71 bits per heavy atom. The highest BCUT2D eigenvalue weighted by Crippen LogP contribution is 2.39. The zero-order valence-electron chi connectivity index (χ0n) is 11.4. The van der Waals surface area contributed by atoms with Gasteiger partial charge in [0.25, 0.3) is 0 Å². The van der Waals surface area contributed by atoms with Crippen molar-refractivity contribution >= 4 is 0 Å². The predicted molar refractivity (Wildman–Crippen MR) is 74.4 cm³/mol. The van der Waals surface area contributed by atoms with Gasteiger partial charge in [-0.2, -0.15) is 0 Å². The zero-order chi connectivity index (χ0) is 12.3. The molecule has 3 unspecified atom stereocenters. The molecule has 1 aliphatic rings. The van der Waals surface area contributed by atoms with Gasteiger partial charge >= 0.3 is 0 Å². The van der Waals surface area contributed by atoms with Crippen molar-refractivity contribution in [1.82, 2.24) is 5.32 Å². The van der Waals surface area contributed by atoms with E-state index in [1.54, 1.807) is 11.1 Å². The molecule has 17 heavy (non-hydrogen) atoms. The Bertz CT molecular complexity index is 358. The van der Waals surface area contributed by atoms with E-state index in [1.165, 1.54) is 19.3 Å². The van der Waals surface area contributed by atoms with Gasteiger partial charge in [-0.3, -0.25) is 0 Å². The average Bonchev–Trinajstić information content (AvgIpc) is 2.34. The number of fused-ring (bicyclic) bond motifs is 1. The Hall–Kier alpha value is -0.820. The van der Waals surface area contributed by atoms with Crippen LogP contribution in [0, 0.1) is 5.92 Å². The number of benzene rings is 1. The lowest BCUT2D eigenvalue weighted by atomic mass is 9.70. The molecule has 1 N–H and O–H groups in total. The molecule has 1 heteroatoms. The maximum Gasteiger partial charge on any atom is 0.0165 e. The number of hydrogen-bond donors (Lipinski definition) is 1. The Balaban J connectivity index is 2.08. The van der Waals surface area contributed by atoms with E-state index in [0.717, 1.165) is 18.4 Å². The van der Waals surface area contributed by atoms with Crippen LogP contribution in [0.3, 0.4) is 0 Å². The molecule has 1 aromatic carbocycles. The monoisotopic (exact) mass is 231 g/mol. The SMILES string of the molecule is CCCNC(C(C)CC)C1Cc2ccccc21. The molecule has 3 atom stereocenters. The van der Waals surface area contributed by atoms with Crippen LogP contribution in [0.4, 0.5) is 0 Å². The molecule has 0 amide bonds. The molecular weight excluding hydrogens is 206 g/mol. The standard InChI is InChI=1S/C16H25N/c1-4-10-17-16(12(3)5-2)15-11-13-8-6-7-9-14(13)15/h6-9,12,15-17H,4-5,10-11H2,1-3H3. The van der Waals surface area contributed by atoms with Crippen molar-refractivity contribution in [1.29, 1.82) is 0 Å². The van der Waals surface area contributed by atoms with Gasteiger partial charge in [0.2, 0.25) is 0 Å². The van der Waals surface area contributed by atoms with Gasteiger partial charge < -0.3 is 5.32 Å². The Morgan fingerprint density at radius 1 is 1.29 bits per heavy atom. The van der Waals surface area contributed by atoms with Gasteiger partial charge in [0, 0.05) is 12.0 Å². The van der Waals surface area contributed by atoms with Gasteiger partial charge in [0.05, 0.1) is 0 Å². The van der Waals surface area contributed by atoms with Crippen LogP contribution in [-0.2, 0) is 6.42 Å². The van der Waals surface area contributed by atoms with E-state index in [4.69, 9.17) is 0 Å². The van der Waals surface area contributed by atoms with Gasteiger partial charge in [0.15, 0.2) is 0 Å². The summed E-state index contributed by atoms with van der Waals surface area (Å²) in [5.74, 6) is 1.51. The normalized spacial score (nSPS) is 21.5. The van der Waals surface area contributed by atoms with Crippen LogP contribution in [0.5, 0.6) is 0 Å². The van der Waals surface area contributed by atoms with Gasteiger partial charge in [-0.1, -0.05) is 51.5 Å². The molecule has 2 rings (SSSR count). The molecule has 0 heterocycles. The maximum atomic E-state index is 3.76. The molecule has 0 fully saturated rings. The summed E-state index contributed by atoms with van der Waals surface area (Å²) >= 11 is 0. The summed E-state index contributed by atoms with van der Waals surface area (Å²) in [5.41, 5.74) is 3.14. The summed E-state index contributed by atoms with van der Waals surface area (Å²) in [6.45, 7) is 8.08. The van der Waals surface area contributed by atoms with Crippen LogP contribution < -0.4 is 5.32 Å². The fourth-order valence-corrected chi connectivity index (χ4v) is 2.92. The first kappa shape index (κ1) is 12.6. The second kappa shape index (κ2) is 5.68. The molecule has 1 aliphatic carbocycles. The van der Waals surface area contributed by atoms with E-state index >= 15 is 0 Å². The molecule has 94 valence electrons. The minimum absolute atomic E-state index is 0.662. The van der Waals surface area contributed by atoms with Crippen molar-refractivity contribution in [3.63, 3.8) is 0 Å². The molecular formula is C16H25N. The van der Waals surface area contributed by atoms with E-state index in [0.29, 0.717) is 6.04 Å². The summed E-state index contributed by atoms with van der Waals surface area (Å²) in [4.78, 5) is 0. The Labute approximate surface area is 106 Å². The van der Waals surface area contributed by atoms with Crippen LogP contribution in [-0.4, -0.2) is 12.6 Å². The molecule has 0 saturated heterocycles. The summed E-state index contributed by atoms with van der Waals surface area (Å²) in [7, 11) is 0. The average molecular weight is 231 g/mol. The van der Waals surface area contributed by atoms with Crippen LogP contribution in [0.1, 0.15) is 50.7 Å². The second-order valence-corrected chi connectivity index (χ2v) is 5.37. The van der Waals surface area contributed by atoms with Crippen LogP contribution in [0.2, 0.25) is 0 Å². The molecule has 0 aliphatic heterocycles. The lowest BCUT2D eigenvalue weighted by molar-refractivity contribution is 0.298. The lowest BCUT2D eigenvalue weighted by Crippen LogP contribution is -2.44. The molecule has 1 nitrogen and oxygen atoms in total. The summed E-state index contributed by atoms with van der Waals surface area (Å²) in [5, 5.41) is 3.76. The fraction of sp³-hybridized carbons (Fsp3) is 0.625. The third-order valence-corrected chi connectivity index (χ3v) is 4.21. The summed E-state index contributed by atoms with van der Waals surface area (Å²) < 4.78 is 0. The third kappa shape index (κ3) is 2.55. The molecule has 0 spiro atoms. The van der Waals surface area contributed by atoms with E-state index in [-0.39, 0.29) is 0 Å². The first-order chi connectivity index (χ1) is 8.27. The molecule has 0 aromatic heterocycles. The maximum absolute atomic E-state index is 3.76. The molecule has 0 radical (unpaired) electrons. The third-order valence-electron chi connectivity index (χ3n) is 4.21. The van der Waals surface area contributed by atoms with E-state index in [2.05, 4.69) is 50.4 Å². The van der Waals surface area contributed by atoms with Crippen molar-refractivity contribution in [3.05, 3.63) is 35.4 Å². The smallest absolute Gasteiger partial charge is 0.0165 e. The van der Waals surface area contributed by atoms with Crippen molar-refractivity contribution in [2.75, 3.05) is 6.54 Å². The summed E-state index contributed by atoms with van der Waals surface area (Å²) in [6, 6.07) is 9.59. The van der Waals surface area contributed by atoms with Gasteiger partial charge in [-0.05, 0) is 36.4 Å².